The van der Waals surface area contributed by atoms with Gasteiger partial charge in [0.25, 0.3) is 0 Å². The molecule has 0 amide bonds. The van der Waals surface area contributed by atoms with Crippen LogP contribution in [0.1, 0.15) is 5.56 Å². The predicted molar refractivity (Wildman–Crippen MR) is 63.1 cm³/mol. The zero-order valence-corrected chi connectivity index (χ0v) is 10.0. The van der Waals surface area contributed by atoms with Gasteiger partial charge in [0.05, 0.1) is 0 Å². The molecule has 15 heavy (non-hydrogen) atoms. The van der Waals surface area contributed by atoms with E-state index in [0.29, 0.717) is 0 Å². The quantitative estimate of drug-likeness (QED) is 0.599. The van der Waals surface area contributed by atoms with E-state index < -0.39 is 0 Å². The maximum atomic E-state index is 5.61. The van der Waals surface area contributed by atoms with Crippen LogP contribution in [0, 0.1) is 0 Å². The Kier molecular flexibility index (Phi) is 3.05. The molecular formula is C12H10NOSe. The molecule has 0 saturated heterocycles. The minimum absolute atomic E-state index is 0.777. The van der Waals surface area contributed by atoms with E-state index >= 15 is 0 Å². The molecule has 0 N–H and O–H groups in total. The van der Waals surface area contributed by atoms with Gasteiger partial charge in [-0.25, -0.2) is 0 Å². The summed E-state index contributed by atoms with van der Waals surface area (Å²) in [5, 5.41) is 0. The van der Waals surface area contributed by atoms with Crippen LogP contribution < -0.4 is 4.66 Å². The second-order valence-corrected chi connectivity index (χ2v) is 3.88. The molecular weight excluding hydrogens is 253 g/mol. The molecule has 0 fully saturated rings. The average Bonchev–Trinajstić information content (AvgIpc) is 2.63. The second kappa shape index (κ2) is 4.47. The Morgan fingerprint density at radius 3 is 2.67 bits per heavy atom. The van der Waals surface area contributed by atoms with Crippen LogP contribution >= 0.6 is 0 Å². The van der Waals surface area contributed by atoms with Gasteiger partial charge in [0.15, 0.2) is 0 Å². The number of nitrogens with zero attached hydrogens (tertiary/aromatic N) is 1. The summed E-state index contributed by atoms with van der Waals surface area (Å²) in [5.41, 5.74) is 2.06. The van der Waals surface area contributed by atoms with Gasteiger partial charge >= 0.3 is 96.6 Å². The average molecular weight is 263 g/mol. The number of rotatable bonds is 2. The predicted octanol–water partition coefficient (Wildman–Crippen LogP) is 1.79. The molecule has 75 valence electrons. The van der Waals surface area contributed by atoms with E-state index in [1.807, 2.05) is 36.4 Å². The number of hydrogen-bond acceptors (Lipinski definition) is 2. The van der Waals surface area contributed by atoms with Crippen LogP contribution in [0.5, 0.6) is 0 Å². The van der Waals surface area contributed by atoms with Gasteiger partial charge in [-0.3, -0.25) is 0 Å². The van der Waals surface area contributed by atoms with Crippen molar-refractivity contribution in [3.63, 3.8) is 0 Å². The molecule has 2 nitrogen and oxygen atoms in total. The molecule has 1 aromatic carbocycles. The first-order valence-corrected chi connectivity index (χ1v) is 5.45. The van der Waals surface area contributed by atoms with Crippen LogP contribution in [0.4, 0.5) is 0 Å². The van der Waals surface area contributed by atoms with Crippen LogP contribution in [-0.4, -0.2) is 29.3 Å². The fraction of sp³-hybridized carbons (Fsp3) is 0.0833. The maximum absolute atomic E-state index is 5.61. The van der Waals surface area contributed by atoms with Crippen molar-refractivity contribution in [1.29, 1.82) is 0 Å². The number of aliphatic imine (C=N–C) groups is 1. The first-order chi connectivity index (χ1) is 7.31. The monoisotopic (exact) mass is 264 g/mol. The second-order valence-electron chi connectivity index (χ2n) is 3.11. The van der Waals surface area contributed by atoms with Gasteiger partial charge in [0.2, 0.25) is 0 Å². The van der Waals surface area contributed by atoms with Gasteiger partial charge in [0, 0.05) is 0 Å². The molecule has 1 radical (unpaired) electrons. The SMILES string of the molecule is CN=Cc1cc(-c2ccccc2)oc1[Se]. The van der Waals surface area contributed by atoms with Crippen LogP contribution in [0.25, 0.3) is 11.3 Å². The Hall–Kier alpha value is -1.31. The summed E-state index contributed by atoms with van der Waals surface area (Å²) < 4.78 is 6.38. The summed E-state index contributed by atoms with van der Waals surface area (Å²) in [5.74, 6) is 0.860. The summed E-state index contributed by atoms with van der Waals surface area (Å²) in [6, 6.07) is 12.0. The molecule has 1 aromatic heterocycles. The van der Waals surface area contributed by atoms with Crippen molar-refractivity contribution < 1.29 is 4.42 Å². The summed E-state index contributed by atoms with van der Waals surface area (Å²) in [7, 11) is 1.74. The van der Waals surface area contributed by atoms with E-state index in [4.69, 9.17) is 4.42 Å². The van der Waals surface area contributed by atoms with E-state index in [1.165, 1.54) is 0 Å². The van der Waals surface area contributed by atoms with E-state index in [9.17, 15) is 0 Å². The Bertz CT molecular complexity index is 474. The van der Waals surface area contributed by atoms with Crippen molar-refractivity contribution in [1.82, 2.24) is 0 Å². The Labute approximate surface area is 96.8 Å². The van der Waals surface area contributed by atoms with Crippen LogP contribution in [0.15, 0.2) is 45.8 Å². The molecule has 2 rings (SSSR count). The van der Waals surface area contributed by atoms with E-state index in [1.54, 1.807) is 13.3 Å². The van der Waals surface area contributed by atoms with Crippen LogP contribution in [0.3, 0.4) is 0 Å². The summed E-state index contributed by atoms with van der Waals surface area (Å²) in [6.07, 6.45) is 1.78. The van der Waals surface area contributed by atoms with E-state index in [-0.39, 0.29) is 0 Å². The summed E-state index contributed by atoms with van der Waals surface area (Å²) in [4.78, 5) is 3.97. The topological polar surface area (TPSA) is 25.5 Å². The Morgan fingerprint density at radius 2 is 2.00 bits per heavy atom. The van der Waals surface area contributed by atoms with Crippen molar-refractivity contribution in [3.05, 3.63) is 42.0 Å². The van der Waals surface area contributed by atoms with Crippen LogP contribution in [-0.2, 0) is 0 Å². The van der Waals surface area contributed by atoms with Gasteiger partial charge in [-0.2, -0.15) is 0 Å². The zero-order chi connectivity index (χ0) is 10.7. The fourth-order valence-corrected chi connectivity index (χ4v) is 1.78. The van der Waals surface area contributed by atoms with E-state index in [2.05, 4.69) is 21.0 Å². The normalized spacial score (nSPS) is 11.0. The fourth-order valence-electron chi connectivity index (χ4n) is 1.36. The molecule has 0 aliphatic heterocycles. The third-order valence-corrected chi connectivity index (χ3v) is 2.72. The molecule has 3 heteroatoms. The van der Waals surface area contributed by atoms with Gasteiger partial charge in [-0.05, 0) is 0 Å². The standard InChI is InChI=1S/C12H10NOSe/c1-13-8-10-7-11(14-12(10)15)9-5-3-2-4-6-9/h2-8H,1H3. The zero-order valence-electron chi connectivity index (χ0n) is 8.31. The molecule has 0 spiro atoms. The molecule has 2 aromatic rings. The third kappa shape index (κ3) is 2.20. The van der Waals surface area contributed by atoms with E-state index in [0.717, 1.165) is 21.5 Å². The first kappa shape index (κ1) is 10.2. The minimum atomic E-state index is 0.777. The van der Waals surface area contributed by atoms with Crippen molar-refractivity contribution >= 4 is 26.9 Å². The molecule has 1 heterocycles. The molecule has 0 unspecified atom stereocenters. The van der Waals surface area contributed by atoms with Crippen molar-refractivity contribution in [3.8, 4) is 11.3 Å². The van der Waals surface area contributed by atoms with Gasteiger partial charge in [-0.1, -0.05) is 0 Å². The Balaban J connectivity index is 2.43. The number of furan rings is 1. The Morgan fingerprint density at radius 1 is 1.27 bits per heavy atom. The van der Waals surface area contributed by atoms with Gasteiger partial charge in [0.1, 0.15) is 0 Å². The molecule has 0 atom stereocenters. The van der Waals surface area contributed by atoms with Crippen molar-refractivity contribution in [2.45, 2.75) is 0 Å². The van der Waals surface area contributed by atoms with Crippen molar-refractivity contribution in [2.24, 2.45) is 4.99 Å². The molecule has 0 aliphatic rings. The molecule has 0 saturated carbocycles. The summed E-state index contributed by atoms with van der Waals surface area (Å²) in [6.45, 7) is 0. The van der Waals surface area contributed by atoms with Gasteiger partial charge in [-0.15, -0.1) is 0 Å². The van der Waals surface area contributed by atoms with Gasteiger partial charge < -0.3 is 0 Å². The third-order valence-electron chi connectivity index (χ3n) is 2.05. The first-order valence-electron chi connectivity index (χ1n) is 4.59. The van der Waals surface area contributed by atoms with Crippen molar-refractivity contribution in [2.75, 3.05) is 7.05 Å². The van der Waals surface area contributed by atoms with Crippen LogP contribution in [0.2, 0.25) is 0 Å². The molecule has 0 aliphatic carbocycles. The molecule has 0 bridgehead atoms. The number of benzene rings is 1. The summed E-state index contributed by atoms with van der Waals surface area (Å²) >= 11 is 2.89. The number of hydrogen-bond donors (Lipinski definition) is 0.